The molecule has 0 aromatic heterocycles. The molecule has 1 heterocycles. The van der Waals surface area contributed by atoms with Crippen LogP contribution in [0.4, 0.5) is 5.69 Å². The van der Waals surface area contributed by atoms with Gasteiger partial charge in [-0.2, -0.15) is 0 Å². The third kappa shape index (κ3) is 5.36. The van der Waals surface area contributed by atoms with Gasteiger partial charge >= 0.3 is 0 Å². The van der Waals surface area contributed by atoms with Gasteiger partial charge in [-0.25, -0.2) is 0 Å². The molecule has 5 nitrogen and oxygen atoms in total. The maximum Gasteiger partial charge on any atom is 0.225 e. The molecule has 0 aliphatic carbocycles. The molecule has 2 N–H and O–H groups in total. The first kappa shape index (κ1) is 16.8. The fourth-order valence-electron chi connectivity index (χ4n) is 1.88. The van der Waals surface area contributed by atoms with E-state index >= 15 is 0 Å². The van der Waals surface area contributed by atoms with Gasteiger partial charge in [-0.15, -0.1) is 12.4 Å². The molecule has 1 aliphatic heterocycles. The smallest absolute Gasteiger partial charge is 0.225 e. The molecule has 6 heteroatoms. The van der Waals surface area contributed by atoms with Crippen LogP contribution in [-0.4, -0.2) is 38.8 Å². The van der Waals surface area contributed by atoms with Crippen molar-refractivity contribution in [1.29, 1.82) is 0 Å². The van der Waals surface area contributed by atoms with Crippen molar-refractivity contribution < 1.29 is 14.3 Å². The Hall–Kier alpha value is -1.30. The van der Waals surface area contributed by atoms with Gasteiger partial charge in [-0.3, -0.25) is 4.79 Å². The predicted octanol–water partition coefficient (Wildman–Crippen LogP) is 1.82. The summed E-state index contributed by atoms with van der Waals surface area (Å²) in [5, 5.41) is 5.78. The molecule has 1 saturated heterocycles. The Labute approximate surface area is 125 Å². The van der Waals surface area contributed by atoms with Gasteiger partial charge in [-0.05, 0) is 31.3 Å². The normalized spacial score (nSPS) is 17.4. The quantitative estimate of drug-likeness (QED) is 0.841. The lowest BCUT2D eigenvalue weighted by atomic mass is 10.2. The first-order chi connectivity index (χ1) is 9.28. The zero-order chi connectivity index (χ0) is 13.5. The number of hydrogen-bond acceptors (Lipinski definition) is 4. The van der Waals surface area contributed by atoms with Crippen LogP contribution < -0.4 is 15.4 Å². The Bertz CT molecular complexity index is 405. The van der Waals surface area contributed by atoms with Gasteiger partial charge in [0.1, 0.15) is 11.9 Å². The number of ether oxygens (including phenoxy) is 2. The van der Waals surface area contributed by atoms with E-state index in [0.717, 1.165) is 24.5 Å². The summed E-state index contributed by atoms with van der Waals surface area (Å²) in [5.74, 6) is 0.816. The average Bonchev–Trinajstić information content (AvgIpc) is 2.91. The number of carbonyl (C=O) groups is 1. The summed E-state index contributed by atoms with van der Waals surface area (Å²) in [7, 11) is 1.83. The molecule has 112 valence electrons. The van der Waals surface area contributed by atoms with Crippen LogP contribution in [0.3, 0.4) is 0 Å². The van der Waals surface area contributed by atoms with Crippen molar-refractivity contribution in [1.82, 2.24) is 5.32 Å². The molecule has 2 rings (SSSR count). The zero-order valence-electron chi connectivity index (χ0n) is 11.6. The van der Waals surface area contributed by atoms with Crippen LogP contribution in [0.15, 0.2) is 24.3 Å². The second-order valence-electron chi connectivity index (χ2n) is 4.53. The Morgan fingerprint density at radius 2 is 2.15 bits per heavy atom. The van der Waals surface area contributed by atoms with Gasteiger partial charge in [0.25, 0.3) is 0 Å². The Balaban J connectivity index is 0.00000200. The third-order valence-electron chi connectivity index (χ3n) is 2.93. The zero-order valence-corrected chi connectivity index (χ0v) is 12.4. The maximum atomic E-state index is 11.5. The van der Waals surface area contributed by atoms with Gasteiger partial charge < -0.3 is 20.1 Å². The van der Waals surface area contributed by atoms with Crippen LogP contribution in [0.25, 0.3) is 0 Å². The molecule has 1 fully saturated rings. The lowest BCUT2D eigenvalue weighted by Crippen LogP contribution is -2.18. The summed E-state index contributed by atoms with van der Waals surface area (Å²) in [5.41, 5.74) is 0.788. The van der Waals surface area contributed by atoms with E-state index in [0.29, 0.717) is 19.6 Å². The molecular weight excluding hydrogens is 280 g/mol. The second-order valence-corrected chi connectivity index (χ2v) is 4.53. The minimum absolute atomic E-state index is 0. The van der Waals surface area contributed by atoms with E-state index < -0.39 is 0 Å². The van der Waals surface area contributed by atoms with Gasteiger partial charge in [-0.1, -0.05) is 0 Å². The predicted molar refractivity (Wildman–Crippen MR) is 80.7 cm³/mol. The van der Waals surface area contributed by atoms with Crippen LogP contribution >= 0.6 is 12.4 Å². The molecule has 1 atom stereocenters. The van der Waals surface area contributed by atoms with Crippen LogP contribution in [-0.2, 0) is 9.53 Å². The summed E-state index contributed by atoms with van der Waals surface area (Å²) in [6.07, 6.45) is 1.55. The van der Waals surface area contributed by atoms with Crippen molar-refractivity contribution in [2.45, 2.75) is 18.9 Å². The molecule has 1 aromatic rings. The van der Waals surface area contributed by atoms with Gasteiger partial charge in [0.15, 0.2) is 0 Å². The minimum Gasteiger partial charge on any atom is -0.488 e. The first-order valence-electron chi connectivity index (χ1n) is 6.57. The fraction of sp³-hybridized carbons (Fsp3) is 0.500. The largest absolute Gasteiger partial charge is 0.488 e. The SMILES string of the molecule is CNCCC(=O)Nc1ccc(OC2CCOC2)cc1.Cl. The molecule has 1 unspecified atom stereocenters. The lowest BCUT2D eigenvalue weighted by molar-refractivity contribution is -0.116. The van der Waals surface area contributed by atoms with Crippen molar-refractivity contribution >= 4 is 24.0 Å². The molecule has 0 spiro atoms. The molecule has 0 saturated carbocycles. The summed E-state index contributed by atoms with van der Waals surface area (Å²) >= 11 is 0. The highest BCUT2D eigenvalue weighted by molar-refractivity contribution is 5.90. The van der Waals surface area contributed by atoms with Crippen molar-refractivity contribution in [3.8, 4) is 5.75 Å². The summed E-state index contributed by atoms with van der Waals surface area (Å²) in [6, 6.07) is 7.43. The van der Waals surface area contributed by atoms with E-state index in [4.69, 9.17) is 9.47 Å². The van der Waals surface area contributed by atoms with Crippen LogP contribution in [0, 0.1) is 0 Å². The van der Waals surface area contributed by atoms with Gasteiger partial charge in [0, 0.05) is 25.1 Å². The number of benzene rings is 1. The Morgan fingerprint density at radius 3 is 2.75 bits per heavy atom. The molecule has 20 heavy (non-hydrogen) atoms. The first-order valence-corrected chi connectivity index (χ1v) is 6.57. The van der Waals surface area contributed by atoms with Crippen LogP contribution in [0.2, 0.25) is 0 Å². The molecule has 1 aliphatic rings. The highest BCUT2D eigenvalue weighted by atomic mass is 35.5. The van der Waals surface area contributed by atoms with Crippen molar-refractivity contribution in [2.24, 2.45) is 0 Å². The van der Waals surface area contributed by atoms with E-state index in [1.165, 1.54) is 0 Å². The molecular formula is C14H21ClN2O3. The van der Waals surface area contributed by atoms with Crippen LogP contribution in [0.1, 0.15) is 12.8 Å². The Morgan fingerprint density at radius 1 is 1.40 bits per heavy atom. The van der Waals surface area contributed by atoms with E-state index in [1.807, 2.05) is 31.3 Å². The number of nitrogens with one attached hydrogen (secondary N) is 2. The summed E-state index contributed by atoms with van der Waals surface area (Å²) in [6.45, 7) is 2.10. The van der Waals surface area contributed by atoms with Gasteiger partial charge in [0.2, 0.25) is 5.91 Å². The van der Waals surface area contributed by atoms with Gasteiger partial charge in [0.05, 0.1) is 13.2 Å². The van der Waals surface area contributed by atoms with Crippen molar-refractivity contribution in [3.63, 3.8) is 0 Å². The molecule has 0 radical (unpaired) electrons. The number of halogens is 1. The van der Waals surface area contributed by atoms with E-state index in [1.54, 1.807) is 0 Å². The average molecular weight is 301 g/mol. The van der Waals surface area contributed by atoms with E-state index in [2.05, 4.69) is 10.6 Å². The highest BCUT2D eigenvalue weighted by Crippen LogP contribution is 2.19. The van der Waals surface area contributed by atoms with Crippen LogP contribution in [0.5, 0.6) is 5.75 Å². The summed E-state index contributed by atoms with van der Waals surface area (Å²) in [4.78, 5) is 11.5. The number of anilines is 1. The number of rotatable bonds is 6. The fourth-order valence-corrected chi connectivity index (χ4v) is 1.88. The molecule has 0 bridgehead atoms. The van der Waals surface area contributed by atoms with E-state index in [9.17, 15) is 4.79 Å². The maximum absolute atomic E-state index is 11.5. The van der Waals surface area contributed by atoms with Crippen molar-refractivity contribution in [2.75, 3.05) is 32.1 Å². The molecule has 1 aromatic carbocycles. The number of amides is 1. The number of hydrogen-bond donors (Lipinski definition) is 2. The standard InChI is InChI=1S/C14H20N2O3.ClH/c1-15-8-6-14(17)16-11-2-4-12(5-3-11)19-13-7-9-18-10-13;/h2-5,13,15H,6-10H2,1H3,(H,16,17);1H. The third-order valence-corrected chi connectivity index (χ3v) is 2.93. The summed E-state index contributed by atoms with van der Waals surface area (Å²) < 4.78 is 11.0. The lowest BCUT2D eigenvalue weighted by Gasteiger charge is -2.12. The monoisotopic (exact) mass is 300 g/mol. The Kier molecular flexibility index (Phi) is 7.36. The number of carbonyl (C=O) groups excluding carboxylic acids is 1. The molecule has 1 amide bonds. The van der Waals surface area contributed by atoms with Crippen molar-refractivity contribution in [3.05, 3.63) is 24.3 Å². The topological polar surface area (TPSA) is 59.6 Å². The highest BCUT2D eigenvalue weighted by Gasteiger charge is 2.16. The second kappa shape index (κ2) is 8.79. The minimum atomic E-state index is 0. The van der Waals surface area contributed by atoms with E-state index in [-0.39, 0.29) is 24.4 Å².